The Hall–Kier alpha value is -1.71. The second kappa shape index (κ2) is 7.45. The van der Waals surface area contributed by atoms with E-state index >= 15 is 0 Å². The molecule has 1 amide bonds. The van der Waals surface area contributed by atoms with Gasteiger partial charge in [-0.15, -0.1) is 0 Å². The van der Waals surface area contributed by atoms with Crippen molar-refractivity contribution in [3.63, 3.8) is 0 Å². The van der Waals surface area contributed by atoms with Gasteiger partial charge in [0.25, 0.3) is 5.91 Å². The standard InChI is InChI=1S/C19H21Cl2NO2/c1-12(24-17-10-7-14(20)11-16(17)21)18(23)22-15-8-5-13(6-9-15)19(2,3)4/h5-12H,1-4H3,(H,22,23). The van der Waals surface area contributed by atoms with Gasteiger partial charge in [0.2, 0.25) is 0 Å². The van der Waals surface area contributed by atoms with Crippen molar-refractivity contribution in [1.29, 1.82) is 0 Å². The summed E-state index contributed by atoms with van der Waals surface area (Å²) in [5.41, 5.74) is 2.01. The molecule has 0 spiro atoms. The molecule has 0 saturated carbocycles. The van der Waals surface area contributed by atoms with Gasteiger partial charge in [-0.3, -0.25) is 4.79 Å². The molecule has 0 aromatic heterocycles. The number of carbonyl (C=O) groups is 1. The summed E-state index contributed by atoms with van der Waals surface area (Å²) in [6.07, 6.45) is -0.689. The number of carbonyl (C=O) groups excluding carboxylic acids is 1. The Morgan fingerprint density at radius 1 is 1.08 bits per heavy atom. The maximum Gasteiger partial charge on any atom is 0.265 e. The highest BCUT2D eigenvalue weighted by Crippen LogP contribution is 2.28. The Kier molecular flexibility index (Phi) is 5.79. The zero-order valence-corrected chi connectivity index (χ0v) is 15.7. The smallest absolute Gasteiger partial charge is 0.265 e. The number of hydrogen-bond donors (Lipinski definition) is 1. The van der Waals surface area contributed by atoms with Crippen LogP contribution in [-0.2, 0) is 10.2 Å². The molecule has 0 fully saturated rings. The van der Waals surface area contributed by atoms with Crippen molar-refractivity contribution in [3.8, 4) is 5.75 Å². The van der Waals surface area contributed by atoms with Crippen LogP contribution < -0.4 is 10.1 Å². The zero-order chi connectivity index (χ0) is 17.9. The minimum atomic E-state index is -0.689. The average molecular weight is 366 g/mol. The SMILES string of the molecule is CC(Oc1ccc(Cl)cc1Cl)C(=O)Nc1ccc(C(C)(C)C)cc1. The van der Waals surface area contributed by atoms with E-state index in [1.165, 1.54) is 5.56 Å². The molecule has 0 radical (unpaired) electrons. The summed E-state index contributed by atoms with van der Waals surface area (Å²) < 4.78 is 5.61. The third-order valence-corrected chi connectivity index (χ3v) is 4.12. The van der Waals surface area contributed by atoms with Crippen molar-refractivity contribution < 1.29 is 9.53 Å². The van der Waals surface area contributed by atoms with Gasteiger partial charge in [0, 0.05) is 10.7 Å². The molecule has 2 aromatic carbocycles. The number of ether oxygens (including phenoxy) is 1. The van der Waals surface area contributed by atoms with Crippen molar-refractivity contribution in [2.75, 3.05) is 5.32 Å². The van der Waals surface area contributed by atoms with Gasteiger partial charge in [-0.2, -0.15) is 0 Å². The van der Waals surface area contributed by atoms with Gasteiger partial charge in [-0.25, -0.2) is 0 Å². The molecular formula is C19H21Cl2NO2. The summed E-state index contributed by atoms with van der Waals surface area (Å²) in [4.78, 5) is 12.3. The van der Waals surface area contributed by atoms with Crippen LogP contribution in [0.1, 0.15) is 33.3 Å². The molecule has 1 N–H and O–H groups in total. The van der Waals surface area contributed by atoms with Crippen LogP contribution in [0, 0.1) is 0 Å². The van der Waals surface area contributed by atoms with Gasteiger partial charge < -0.3 is 10.1 Å². The third-order valence-electron chi connectivity index (χ3n) is 3.59. The maximum absolute atomic E-state index is 12.3. The van der Waals surface area contributed by atoms with E-state index in [1.54, 1.807) is 25.1 Å². The molecule has 0 aliphatic rings. The van der Waals surface area contributed by atoms with Crippen LogP contribution >= 0.6 is 23.2 Å². The molecule has 3 nitrogen and oxygen atoms in total. The van der Waals surface area contributed by atoms with Crippen LogP contribution in [0.15, 0.2) is 42.5 Å². The molecule has 2 aromatic rings. The van der Waals surface area contributed by atoms with E-state index in [0.717, 1.165) is 5.69 Å². The Labute approximate surface area is 152 Å². The van der Waals surface area contributed by atoms with Crippen LogP contribution in [0.2, 0.25) is 10.0 Å². The number of amides is 1. The molecule has 128 valence electrons. The van der Waals surface area contributed by atoms with Crippen LogP contribution in [0.3, 0.4) is 0 Å². The van der Waals surface area contributed by atoms with Crippen molar-refractivity contribution in [1.82, 2.24) is 0 Å². The molecular weight excluding hydrogens is 345 g/mol. The van der Waals surface area contributed by atoms with Crippen LogP contribution in [0.4, 0.5) is 5.69 Å². The highest BCUT2D eigenvalue weighted by molar-refractivity contribution is 6.35. The zero-order valence-electron chi connectivity index (χ0n) is 14.2. The van der Waals surface area contributed by atoms with E-state index in [2.05, 4.69) is 26.1 Å². The number of halogens is 2. The second-order valence-electron chi connectivity index (χ2n) is 6.65. The van der Waals surface area contributed by atoms with Crippen molar-refractivity contribution >= 4 is 34.8 Å². The highest BCUT2D eigenvalue weighted by atomic mass is 35.5. The first-order chi connectivity index (χ1) is 11.2. The predicted octanol–water partition coefficient (Wildman–Crippen LogP) is 5.70. The fraction of sp³-hybridized carbons (Fsp3) is 0.316. The van der Waals surface area contributed by atoms with Gasteiger partial charge in [-0.05, 0) is 48.2 Å². The number of nitrogens with one attached hydrogen (secondary N) is 1. The summed E-state index contributed by atoms with van der Waals surface area (Å²) in [6.45, 7) is 8.11. The molecule has 24 heavy (non-hydrogen) atoms. The lowest BCUT2D eigenvalue weighted by Crippen LogP contribution is -2.30. The molecule has 0 aliphatic heterocycles. The maximum atomic E-state index is 12.3. The lowest BCUT2D eigenvalue weighted by atomic mass is 9.87. The summed E-state index contributed by atoms with van der Waals surface area (Å²) in [5, 5.41) is 3.73. The molecule has 0 heterocycles. The predicted molar refractivity (Wildman–Crippen MR) is 100 cm³/mol. The molecule has 0 saturated heterocycles. The summed E-state index contributed by atoms with van der Waals surface area (Å²) in [7, 11) is 0. The lowest BCUT2D eigenvalue weighted by Gasteiger charge is -2.20. The van der Waals surface area contributed by atoms with Gasteiger partial charge in [0.1, 0.15) is 5.75 Å². The molecule has 2 rings (SSSR count). The number of anilines is 1. The van der Waals surface area contributed by atoms with E-state index in [-0.39, 0.29) is 11.3 Å². The minimum absolute atomic E-state index is 0.0737. The van der Waals surface area contributed by atoms with E-state index in [9.17, 15) is 4.79 Å². The Bertz CT molecular complexity index is 721. The fourth-order valence-electron chi connectivity index (χ4n) is 2.11. The number of hydrogen-bond acceptors (Lipinski definition) is 2. The summed E-state index contributed by atoms with van der Waals surface area (Å²) in [5.74, 6) is 0.177. The monoisotopic (exact) mass is 365 g/mol. The first kappa shape index (κ1) is 18.6. The van der Waals surface area contributed by atoms with Gasteiger partial charge in [-0.1, -0.05) is 56.1 Å². The normalized spacial score (nSPS) is 12.6. The Morgan fingerprint density at radius 3 is 2.25 bits per heavy atom. The lowest BCUT2D eigenvalue weighted by molar-refractivity contribution is -0.122. The third kappa shape index (κ3) is 4.89. The molecule has 1 atom stereocenters. The molecule has 0 bridgehead atoms. The van der Waals surface area contributed by atoms with E-state index in [4.69, 9.17) is 27.9 Å². The average Bonchev–Trinajstić information content (AvgIpc) is 2.49. The van der Waals surface area contributed by atoms with Crippen molar-refractivity contribution in [3.05, 3.63) is 58.1 Å². The Morgan fingerprint density at radius 2 is 1.71 bits per heavy atom. The largest absolute Gasteiger partial charge is 0.479 e. The van der Waals surface area contributed by atoms with Gasteiger partial charge in [0.05, 0.1) is 5.02 Å². The number of rotatable bonds is 4. The first-order valence-electron chi connectivity index (χ1n) is 7.70. The van der Waals surface area contributed by atoms with E-state index in [0.29, 0.717) is 15.8 Å². The quantitative estimate of drug-likeness (QED) is 0.754. The topological polar surface area (TPSA) is 38.3 Å². The van der Waals surface area contributed by atoms with E-state index in [1.807, 2.05) is 24.3 Å². The van der Waals surface area contributed by atoms with E-state index < -0.39 is 6.10 Å². The van der Waals surface area contributed by atoms with Crippen LogP contribution in [0.5, 0.6) is 5.75 Å². The van der Waals surface area contributed by atoms with Crippen LogP contribution in [0.25, 0.3) is 0 Å². The first-order valence-corrected chi connectivity index (χ1v) is 8.45. The van der Waals surface area contributed by atoms with Gasteiger partial charge >= 0.3 is 0 Å². The Balaban J connectivity index is 2.01. The highest BCUT2D eigenvalue weighted by Gasteiger charge is 2.17. The van der Waals surface area contributed by atoms with Crippen molar-refractivity contribution in [2.45, 2.75) is 39.2 Å². The van der Waals surface area contributed by atoms with Gasteiger partial charge in [0.15, 0.2) is 6.10 Å². The molecule has 5 heteroatoms. The summed E-state index contributed by atoms with van der Waals surface area (Å²) >= 11 is 11.9. The van der Waals surface area contributed by atoms with Crippen LogP contribution in [-0.4, -0.2) is 12.0 Å². The molecule has 0 aliphatic carbocycles. The summed E-state index contributed by atoms with van der Waals surface area (Å²) in [6, 6.07) is 12.7. The molecule has 1 unspecified atom stereocenters. The fourth-order valence-corrected chi connectivity index (χ4v) is 2.57. The minimum Gasteiger partial charge on any atom is -0.479 e. The number of benzene rings is 2. The van der Waals surface area contributed by atoms with Crippen molar-refractivity contribution in [2.24, 2.45) is 0 Å². The second-order valence-corrected chi connectivity index (χ2v) is 7.50.